The molecule has 0 spiro atoms. The summed E-state index contributed by atoms with van der Waals surface area (Å²) in [6.45, 7) is 0. The van der Waals surface area contributed by atoms with Crippen LogP contribution in [0.3, 0.4) is 0 Å². The molecule has 0 radical (unpaired) electrons. The first-order valence-corrected chi connectivity index (χ1v) is 6.29. The number of carbonyl (C=O) groups excluding carboxylic acids is 2. The summed E-state index contributed by atoms with van der Waals surface area (Å²) in [6, 6.07) is 8.87. The Morgan fingerprint density at radius 3 is 2.00 bits per heavy atom. The van der Waals surface area contributed by atoms with Crippen LogP contribution in [-0.2, 0) is 0 Å². The Hall–Kier alpha value is -2.66. The first-order valence-electron chi connectivity index (χ1n) is 5.92. The number of ketones is 2. The zero-order valence-corrected chi connectivity index (χ0v) is 11.2. The van der Waals surface area contributed by atoms with Crippen LogP contribution in [0.1, 0.15) is 31.8 Å². The molecule has 0 bridgehead atoms. The molecule has 2 aromatic rings. The van der Waals surface area contributed by atoms with Crippen LogP contribution in [0.15, 0.2) is 36.4 Å². The van der Waals surface area contributed by atoms with Crippen LogP contribution in [-0.4, -0.2) is 22.8 Å². The molecule has 0 aromatic heterocycles. The predicted molar refractivity (Wildman–Crippen MR) is 73.4 cm³/mol. The third-order valence-electron chi connectivity index (χ3n) is 3.17. The van der Waals surface area contributed by atoms with E-state index in [1.54, 1.807) is 24.3 Å². The maximum absolute atomic E-state index is 12.4. The van der Waals surface area contributed by atoms with E-state index in [1.807, 2.05) is 0 Å². The van der Waals surface area contributed by atoms with Gasteiger partial charge < -0.3 is 9.84 Å². The lowest BCUT2D eigenvalue weighted by molar-refractivity contribution is 0.0978. The topological polar surface area (TPSA) is 80.7 Å². The largest absolute Gasteiger partial charge is 0.511 e. The maximum atomic E-state index is 12.4. The summed E-state index contributed by atoms with van der Waals surface area (Å²) in [5, 5.41) is 8.59. The molecule has 0 saturated carbocycles. The number of ether oxygens (including phenoxy) is 1. The lowest BCUT2D eigenvalue weighted by atomic mass is 9.84. The SMILES string of the molecule is O=C(O)Oc1cc2c(cc1Cl)C(=O)c1ccccc1C2=O. The van der Waals surface area contributed by atoms with Crippen molar-refractivity contribution in [2.45, 2.75) is 0 Å². The number of benzene rings is 2. The average Bonchev–Trinajstić information content (AvgIpc) is 2.46. The summed E-state index contributed by atoms with van der Waals surface area (Å²) in [5.41, 5.74) is 0.803. The number of carboxylic acid groups (broad SMARTS) is 1. The second-order valence-electron chi connectivity index (χ2n) is 4.40. The molecule has 0 amide bonds. The van der Waals surface area contributed by atoms with E-state index in [0.29, 0.717) is 5.56 Å². The second kappa shape index (κ2) is 4.71. The predicted octanol–water partition coefficient (Wildman–Crippen LogP) is 3.17. The molecule has 1 aliphatic rings. The Labute approximate surface area is 123 Å². The van der Waals surface area contributed by atoms with E-state index in [9.17, 15) is 14.4 Å². The molecule has 21 heavy (non-hydrogen) atoms. The van der Waals surface area contributed by atoms with E-state index in [1.165, 1.54) is 12.1 Å². The van der Waals surface area contributed by atoms with Gasteiger partial charge in [0.2, 0.25) is 0 Å². The molecule has 3 rings (SSSR count). The zero-order valence-electron chi connectivity index (χ0n) is 10.4. The van der Waals surface area contributed by atoms with Crippen LogP contribution < -0.4 is 4.74 Å². The minimum Gasteiger partial charge on any atom is -0.449 e. The molecule has 0 unspecified atom stereocenters. The first-order chi connectivity index (χ1) is 9.99. The molecule has 0 saturated heterocycles. The molecule has 0 heterocycles. The third kappa shape index (κ3) is 2.08. The number of hydrogen-bond acceptors (Lipinski definition) is 4. The average molecular weight is 303 g/mol. The van der Waals surface area contributed by atoms with E-state index in [4.69, 9.17) is 16.7 Å². The van der Waals surface area contributed by atoms with Crippen molar-refractivity contribution in [2.24, 2.45) is 0 Å². The smallest absolute Gasteiger partial charge is 0.449 e. The number of halogens is 1. The molecule has 5 nitrogen and oxygen atoms in total. The highest BCUT2D eigenvalue weighted by Gasteiger charge is 2.30. The van der Waals surface area contributed by atoms with E-state index in [-0.39, 0.29) is 39.0 Å². The normalized spacial score (nSPS) is 12.6. The van der Waals surface area contributed by atoms with Crippen LogP contribution in [0.4, 0.5) is 4.79 Å². The highest BCUT2D eigenvalue weighted by Crippen LogP contribution is 2.34. The van der Waals surface area contributed by atoms with Gasteiger partial charge in [0.25, 0.3) is 0 Å². The van der Waals surface area contributed by atoms with Gasteiger partial charge in [-0.2, -0.15) is 0 Å². The van der Waals surface area contributed by atoms with Crippen molar-refractivity contribution in [1.29, 1.82) is 0 Å². The van der Waals surface area contributed by atoms with Gasteiger partial charge >= 0.3 is 6.16 Å². The zero-order chi connectivity index (χ0) is 15.1. The van der Waals surface area contributed by atoms with Gasteiger partial charge in [0, 0.05) is 22.3 Å². The van der Waals surface area contributed by atoms with Crippen LogP contribution in [0, 0.1) is 0 Å². The monoisotopic (exact) mass is 302 g/mol. The van der Waals surface area contributed by atoms with Gasteiger partial charge in [0.1, 0.15) is 0 Å². The van der Waals surface area contributed by atoms with Crippen molar-refractivity contribution in [3.63, 3.8) is 0 Å². The maximum Gasteiger partial charge on any atom is 0.511 e. The molecular weight excluding hydrogens is 296 g/mol. The molecule has 0 aliphatic heterocycles. The highest BCUT2D eigenvalue weighted by molar-refractivity contribution is 6.34. The number of hydrogen-bond donors (Lipinski definition) is 1. The van der Waals surface area contributed by atoms with Crippen molar-refractivity contribution in [3.8, 4) is 5.75 Å². The summed E-state index contributed by atoms with van der Waals surface area (Å²) in [4.78, 5) is 35.4. The van der Waals surface area contributed by atoms with Gasteiger partial charge in [-0.15, -0.1) is 0 Å². The van der Waals surface area contributed by atoms with E-state index < -0.39 is 6.16 Å². The summed E-state index contributed by atoms with van der Waals surface area (Å²) in [5.74, 6) is -0.875. The second-order valence-corrected chi connectivity index (χ2v) is 4.81. The summed E-state index contributed by atoms with van der Waals surface area (Å²) in [7, 11) is 0. The van der Waals surface area contributed by atoms with Gasteiger partial charge in [-0.1, -0.05) is 35.9 Å². The summed E-state index contributed by atoms with van der Waals surface area (Å²) in [6.07, 6.45) is -1.55. The fraction of sp³-hybridized carbons (Fsp3) is 0. The van der Waals surface area contributed by atoms with Crippen molar-refractivity contribution >= 4 is 29.3 Å². The van der Waals surface area contributed by atoms with E-state index >= 15 is 0 Å². The molecule has 1 N–H and O–H groups in total. The van der Waals surface area contributed by atoms with Gasteiger partial charge in [-0.05, 0) is 12.1 Å². The number of fused-ring (bicyclic) bond motifs is 2. The minimum atomic E-state index is -1.55. The Kier molecular flexibility index (Phi) is 2.99. The molecule has 2 aromatic carbocycles. The molecule has 1 aliphatic carbocycles. The minimum absolute atomic E-state index is 0.0447. The number of rotatable bonds is 1. The molecule has 104 valence electrons. The molecular formula is C15H7ClO5. The number of carbonyl (C=O) groups is 3. The van der Waals surface area contributed by atoms with Crippen LogP contribution in [0.2, 0.25) is 5.02 Å². The van der Waals surface area contributed by atoms with Gasteiger partial charge in [-0.3, -0.25) is 9.59 Å². The fourth-order valence-corrected chi connectivity index (χ4v) is 2.47. The fourth-order valence-electron chi connectivity index (χ4n) is 2.27. The Balaban J connectivity index is 2.21. The van der Waals surface area contributed by atoms with E-state index in [2.05, 4.69) is 4.74 Å². The molecule has 0 atom stereocenters. The van der Waals surface area contributed by atoms with Crippen LogP contribution >= 0.6 is 11.6 Å². The lowest BCUT2D eigenvalue weighted by Gasteiger charge is -2.18. The van der Waals surface area contributed by atoms with E-state index in [0.717, 1.165) is 0 Å². The summed E-state index contributed by atoms with van der Waals surface area (Å²) < 4.78 is 4.50. The quantitative estimate of drug-likeness (QED) is 0.551. The molecule has 0 fully saturated rings. The van der Waals surface area contributed by atoms with Gasteiger partial charge in [0.15, 0.2) is 17.3 Å². The Morgan fingerprint density at radius 1 is 0.952 bits per heavy atom. The van der Waals surface area contributed by atoms with Crippen LogP contribution in [0.25, 0.3) is 0 Å². The lowest BCUT2D eigenvalue weighted by Crippen LogP contribution is -2.21. The van der Waals surface area contributed by atoms with Gasteiger partial charge in [-0.25, -0.2) is 4.79 Å². The van der Waals surface area contributed by atoms with Crippen molar-refractivity contribution < 1.29 is 24.2 Å². The van der Waals surface area contributed by atoms with Crippen molar-refractivity contribution in [2.75, 3.05) is 0 Å². The first kappa shape index (κ1) is 13.3. The third-order valence-corrected chi connectivity index (χ3v) is 3.47. The Morgan fingerprint density at radius 2 is 1.48 bits per heavy atom. The molecule has 6 heteroatoms. The van der Waals surface area contributed by atoms with Crippen LogP contribution in [0.5, 0.6) is 5.75 Å². The highest BCUT2D eigenvalue weighted by atomic mass is 35.5. The summed E-state index contributed by atoms with van der Waals surface area (Å²) >= 11 is 5.89. The van der Waals surface area contributed by atoms with Gasteiger partial charge in [0.05, 0.1) is 5.02 Å². The standard InChI is InChI=1S/C15H7ClO5/c16-11-5-9-10(6-12(11)21-15(19)20)14(18)8-4-2-1-3-7(8)13(9)17/h1-6H,(H,19,20). The Bertz CT molecular complexity index is 810. The van der Waals surface area contributed by atoms with Crippen molar-refractivity contribution in [1.82, 2.24) is 0 Å². The van der Waals surface area contributed by atoms with Crippen molar-refractivity contribution in [3.05, 3.63) is 63.7 Å².